The molecule has 13 rings (SSSR count). The highest BCUT2D eigenvalue weighted by atomic mass is 16.1. The molecule has 3 heterocycles. The molecule has 0 aliphatic carbocycles. The number of fused-ring (bicyclic) bond motifs is 9. The van der Waals surface area contributed by atoms with Gasteiger partial charge in [-0.15, -0.1) is 0 Å². The lowest BCUT2D eigenvalue weighted by atomic mass is 9.89. The lowest BCUT2D eigenvalue weighted by Crippen LogP contribution is -2.13. The Labute approximate surface area is 367 Å². The Kier molecular flexibility index (Phi) is 7.79. The van der Waals surface area contributed by atoms with Crippen LogP contribution in [-0.4, -0.2) is 8.97 Å². The fourth-order valence-corrected chi connectivity index (χ4v) is 10.5. The van der Waals surface area contributed by atoms with Gasteiger partial charge in [-0.05, 0) is 97.7 Å². The smallest absolute Gasteiger partial charge is 0.264 e. The predicted octanol–water partition coefficient (Wildman–Crippen LogP) is 15.7. The summed E-state index contributed by atoms with van der Waals surface area (Å²) >= 11 is 0. The van der Waals surface area contributed by atoms with Gasteiger partial charge in [-0.2, -0.15) is 0 Å². The van der Waals surface area contributed by atoms with Crippen molar-refractivity contribution in [3.8, 4) is 50.2 Å². The molecule has 0 aliphatic heterocycles. The number of para-hydroxylation sites is 3. The second kappa shape index (κ2) is 13.9. The normalized spacial score (nSPS) is 11.8. The van der Waals surface area contributed by atoms with E-state index >= 15 is 0 Å². The molecule has 13 aromatic rings. The first-order valence-corrected chi connectivity index (χ1v) is 21.6. The van der Waals surface area contributed by atoms with Crippen molar-refractivity contribution in [2.45, 2.75) is 0 Å². The van der Waals surface area contributed by atoms with E-state index in [1.54, 1.807) is 6.07 Å². The van der Waals surface area contributed by atoms with E-state index in [0.717, 1.165) is 77.2 Å². The topological polar surface area (TPSA) is 30.8 Å². The van der Waals surface area contributed by atoms with Gasteiger partial charge in [0.15, 0.2) is 5.69 Å². The van der Waals surface area contributed by atoms with Gasteiger partial charge < -0.3 is 4.57 Å². The van der Waals surface area contributed by atoms with Gasteiger partial charge in [0, 0.05) is 32.3 Å². The molecular formula is C60H35N3O. The maximum absolute atomic E-state index is 14.9. The second-order valence-corrected chi connectivity index (χ2v) is 16.6. The quantitative estimate of drug-likeness (QED) is 0.126. The van der Waals surface area contributed by atoms with Crippen LogP contribution in [0.4, 0.5) is 5.69 Å². The molecule has 64 heavy (non-hydrogen) atoms. The summed E-state index contributed by atoms with van der Waals surface area (Å²) < 4.78 is 4.32. The van der Waals surface area contributed by atoms with Gasteiger partial charge in [0.2, 0.25) is 0 Å². The van der Waals surface area contributed by atoms with E-state index in [1.807, 2.05) is 40.8 Å². The van der Waals surface area contributed by atoms with Crippen molar-refractivity contribution in [3.05, 3.63) is 234 Å². The molecule has 0 amide bonds. The van der Waals surface area contributed by atoms with Crippen molar-refractivity contribution in [1.82, 2.24) is 8.97 Å². The third-order valence-corrected chi connectivity index (χ3v) is 13.3. The zero-order valence-corrected chi connectivity index (χ0v) is 34.5. The fraction of sp³-hybridized carbons (Fsp3) is 0. The van der Waals surface area contributed by atoms with Gasteiger partial charge in [0.25, 0.3) is 5.56 Å². The maximum atomic E-state index is 14.9. The summed E-state index contributed by atoms with van der Waals surface area (Å²) in [5.41, 5.74) is 14.3. The van der Waals surface area contributed by atoms with Crippen LogP contribution in [0.1, 0.15) is 0 Å². The summed E-state index contributed by atoms with van der Waals surface area (Å²) in [6.45, 7) is 7.62. The molecule has 0 atom stereocenters. The zero-order valence-electron chi connectivity index (χ0n) is 34.5. The second-order valence-electron chi connectivity index (χ2n) is 16.6. The number of benzene rings is 10. The van der Waals surface area contributed by atoms with Crippen molar-refractivity contribution in [2.24, 2.45) is 0 Å². The lowest BCUT2D eigenvalue weighted by molar-refractivity contribution is 1.20. The summed E-state index contributed by atoms with van der Waals surface area (Å²) in [4.78, 5) is 18.5. The number of rotatable bonds is 5. The Balaban J connectivity index is 1.00. The van der Waals surface area contributed by atoms with E-state index in [9.17, 15) is 4.79 Å². The van der Waals surface area contributed by atoms with E-state index in [-0.39, 0.29) is 5.56 Å². The van der Waals surface area contributed by atoms with E-state index in [2.05, 4.69) is 179 Å². The molecule has 0 saturated carbocycles. The van der Waals surface area contributed by atoms with E-state index in [4.69, 9.17) is 6.57 Å². The van der Waals surface area contributed by atoms with E-state index < -0.39 is 0 Å². The predicted molar refractivity (Wildman–Crippen MR) is 267 cm³/mol. The summed E-state index contributed by atoms with van der Waals surface area (Å²) in [5, 5.41) is 9.54. The van der Waals surface area contributed by atoms with Gasteiger partial charge in [-0.25, -0.2) is 4.85 Å². The molecule has 0 bridgehead atoms. The minimum Gasteiger partial charge on any atom is -0.309 e. The van der Waals surface area contributed by atoms with Crippen LogP contribution in [0.25, 0.3) is 126 Å². The van der Waals surface area contributed by atoms with Crippen LogP contribution in [0.2, 0.25) is 0 Å². The largest absolute Gasteiger partial charge is 0.309 e. The average Bonchev–Trinajstić information content (AvgIpc) is 3.88. The third-order valence-electron chi connectivity index (χ3n) is 13.3. The molecular weight excluding hydrogens is 779 g/mol. The van der Waals surface area contributed by atoms with Crippen LogP contribution < -0.4 is 5.56 Å². The third kappa shape index (κ3) is 5.19. The summed E-state index contributed by atoms with van der Waals surface area (Å²) in [6, 6.07) is 74.7. The highest BCUT2D eigenvalue weighted by molar-refractivity contribution is 6.22. The molecule has 3 aromatic heterocycles. The molecule has 0 fully saturated rings. The van der Waals surface area contributed by atoms with Gasteiger partial charge >= 0.3 is 0 Å². The van der Waals surface area contributed by atoms with Crippen molar-refractivity contribution in [2.75, 3.05) is 0 Å². The summed E-state index contributed by atoms with van der Waals surface area (Å²) in [6.07, 6.45) is 0. The maximum Gasteiger partial charge on any atom is 0.264 e. The molecule has 0 saturated heterocycles. The molecule has 0 radical (unpaired) electrons. The van der Waals surface area contributed by atoms with Gasteiger partial charge in [0.1, 0.15) is 0 Å². The number of hydrogen-bond acceptors (Lipinski definition) is 1. The fourth-order valence-electron chi connectivity index (χ4n) is 10.5. The van der Waals surface area contributed by atoms with Gasteiger partial charge in [0.05, 0.1) is 39.7 Å². The zero-order chi connectivity index (χ0) is 42.5. The van der Waals surface area contributed by atoms with Crippen molar-refractivity contribution in [3.63, 3.8) is 0 Å². The van der Waals surface area contributed by atoms with Crippen LogP contribution in [0.5, 0.6) is 0 Å². The first kappa shape index (κ1) is 35.9. The van der Waals surface area contributed by atoms with Crippen LogP contribution in [0, 0.1) is 6.57 Å². The van der Waals surface area contributed by atoms with E-state index in [0.29, 0.717) is 11.1 Å². The summed E-state index contributed by atoms with van der Waals surface area (Å²) in [7, 11) is 0. The first-order valence-electron chi connectivity index (χ1n) is 21.6. The minimum atomic E-state index is -0.0593. The Morgan fingerprint density at radius 3 is 1.72 bits per heavy atom. The number of pyridine rings is 1. The minimum absolute atomic E-state index is 0.0593. The Morgan fingerprint density at radius 1 is 0.359 bits per heavy atom. The standard InChI is InChI=1S/C60H35N3O/c1-61-41-17-11-16-38(34-41)44-22-12-23-49-50-24-13-25-51-53-36-40(29-32-57(53)63(59(50)51)60(64)58(44)49)43-30-28-39(35-52(43)37-14-3-2-4-15-37)42-31-33-56(46-19-6-5-18-45(42)46)62-54-26-9-7-20-47(54)48-21-8-10-27-55(48)62/h2-36H. The number of nitrogens with zero attached hydrogens (tertiary/aromatic N) is 3. The molecule has 0 spiro atoms. The van der Waals surface area contributed by atoms with Crippen LogP contribution in [-0.2, 0) is 0 Å². The molecule has 0 aliphatic rings. The number of aromatic nitrogens is 2. The van der Waals surface area contributed by atoms with Crippen molar-refractivity contribution in [1.29, 1.82) is 0 Å². The van der Waals surface area contributed by atoms with Gasteiger partial charge in [-0.1, -0.05) is 170 Å². The molecule has 0 unspecified atom stereocenters. The van der Waals surface area contributed by atoms with Crippen molar-refractivity contribution < 1.29 is 0 Å². The Morgan fingerprint density at radius 2 is 0.938 bits per heavy atom. The summed E-state index contributed by atoms with van der Waals surface area (Å²) in [5.74, 6) is 0. The monoisotopic (exact) mass is 813 g/mol. The molecule has 4 nitrogen and oxygen atoms in total. The first-order chi connectivity index (χ1) is 31.6. The van der Waals surface area contributed by atoms with Crippen molar-refractivity contribution >= 4 is 76.2 Å². The van der Waals surface area contributed by atoms with Crippen LogP contribution in [0.3, 0.4) is 0 Å². The highest BCUT2D eigenvalue weighted by Crippen LogP contribution is 2.43. The average molecular weight is 814 g/mol. The van der Waals surface area contributed by atoms with E-state index in [1.165, 1.54) is 38.1 Å². The van der Waals surface area contributed by atoms with Crippen LogP contribution >= 0.6 is 0 Å². The SMILES string of the molecule is [C-]#[N+]c1cccc(-c2cccc3c2c(=O)n2c4ccc(-c5ccc(-c6ccc(-n7c8ccccc8c8ccccc87)c7ccccc67)cc5-c5ccccc5)cc4c4cccc3c42)c1. The number of hydrogen-bond donors (Lipinski definition) is 0. The molecule has 10 aromatic carbocycles. The molecule has 0 N–H and O–H groups in total. The molecule has 296 valence electrons. The Hall–Kier alpha value is -8.78. The van der Waals surface area contributed by atoms with Crippen LogP contribution in [0.15, 0.2) is 217 Å². The Bertz CT molecular complexity index is 4120. The highest BCUT2D eigenvalue weighted by Gasteiger charge is 2.21. The lowest BCUT2D eigenvalue weighted by Gasteiger charge is -2.17. The molecule has 4 heteroatoms. The van der Waals surface area contributed by atoms with Gasteiger partial charge in [-0.3, -0.25) is 9.20 Å².